The lowest BCUT2D eigenvalue weighted by atomic mass is 10.1. The molecule has 2 nitrogen and oxygen atoms in total. The van der Waals surface area contributed by atoms with Crippen molar-refractivity contribution in [3.05, 3.63) is 59.4 Å². The van der Waals surface area contributed by atoms with Gasteiger partial charge in [-0.15, -0.1) is 0 Å². The van der Waals surface area contributed by atoms with E-state index in [1.165, 1.54) is 12.1 Å². The number of alkyl halides is 3. The van der Waals surface area contributed by atoms with E-state index in [1.54, 1.807) is 0 Å². The van der Waals surface area contributed by atoms with Crippen LogP contribution < -0.4 is 5.32 Å². The van der Waals surface area contributed by atoms with Crippen LogP contribution in [0.5, 0.6) is 0 Å². The number of halogens is 3. The number of hydrogen-bond acceptors (Lipinski definition) is 1. The van der Waals surface area contributed by atoms with Gasteiger partial charge in [0.05, 0.1) is 5.56 Å². The molecule has 1 N–H and O–H groups in total. The fraction of sp³-hybridized carbons (Fsp3) is 0.375. The van der Waals surface area contributed by atoms with E-state index in [2.05, 4.69) is 19.2 Å². The summed E-state index contributed by atoms with van der Waals surface area (Å²) in [5.74, 6) is 0. The molecule has 0 spiro atoms. The Labute approximate surface area is 122 Å². The highest BCUT2D eigenvalue weighted by atomic mass is 19.4. The number of benzene rings is 1. The lowest BCUT2D eigenvalue weighted by Gasteiger charge is -2.08. The first kappa shape index (κ1) is 15.6. The molecule has 1 aromatic carbocycles. The van der Waals surface area contributed by atoms with Crippen molar-refractivity contribution in [3.63, 3.8) is 0 Å². The van der Waals surface area contributed by atoms with Crippen LogP contribution in [0.3, 0.4) is 0 Å². The Kier molecular flexibility index (Phi) is 4.73. The summed E-state index contributed by atoms with van der Waals surface area (Å²) < 4.78 is 39.4. The lowest BCUT2D eigenvalue weighted by molar-refractivity contribution is -0.137. The zero-order chi connectivity index (χ0) is 15.5. The predicted octanol–water partition coefficient (Wildman–Crippen LogP) is 4.05. The summed E-state index contributed by atoms with van der Waals surface area (Å²) in [7, 11) is 0. The van der Waals surface area contributed by atoms with Crippen molar-refractivity contribution in [2.75, 3.05) is 0 Å². The standard InChI is InChI=1S/C16H19F3N2/c1-12(2)20-9-14-7-8-21(11-14)10-13-3-5-15(6-4-13)16(17,18)19/h3-8,11-12,20H,9-10H2,1-2H3. The smallest absolute Gasteiger partial charge is 0.350 e. The molecule has 0 aliphatic heterocycles. The van der Waals surface area contributed by atoms with Gasteiger partial charge >= 0.3 is 6.18 Å². The summed E-state index contributed by atoms with van der Waals surface area (Å²) in [5, 5.41) is 3.32. The summed E-state index contributed by atoms with van der Waals surface area (Å²) in [6, 6.07) is 7.73. The Morgan fingerprint density at radius 2 is 1.71 bits per heavy atom. The molecule has 2 aromatic rings. The highest BCUT2D eigenvalue weighted by Gasteiger charge is 2.29. The number of nitrogens with one attached hydrogen (secondary N) is 1. The Morgan fingerprint density at radius 3 is 2.29 bits per heavy atom. The molecule has 5 heteroatoms. The molecule has 0 aliphatic rings. The molecule has 0 atom stereocenters. The molecule has 2 rings (SSSR count). The first-order valence-corrected chi connectivity index (χ1v) is 6.89. The Bertz CT molecular complexity index is 568. The molecule has 1 heterocycles. The molecule has 0 bridgehead atoms. The first-order chi connectivity index (χ1) is 9.84. The summed E-state index contributed by atoms with van der Waals surface area (Å²) in [5.41, 5.74) is 1.40. The third-order valence-corrected chi connectivity index (χ3v) is 3.17. The number of rotatable bonds is 5. The van der Waals surface area contributed by atoms with Crippen LogP contribution >= 0.6 is 0 Å². The maximum absolute atomic E-state index is 12.5. The van der Waals surface area contributed by atoms with Gasteiger partial charge < -0.3 is 9.88 Å². The molecule has 1 aromatic heterocycles. The highest BCUT2D eigenvalue weighted by Crippen LogP contribution is 2.29. The Morgan fingerprint density at radius 1 is 1.05 bits per heavy atom. The minimum atomic E-state index is -4.28. The van der Waals surface area contributed by atoms with Crippen LogP contribution in [0.2, 0.25) is 0 Å². The van der Waals surface area contributed by atoms with Crippen LogP contribution in [0.1, 0.15) is 30.5 Å². The first-order valence-electron chi connectivity index (χ1n) is 6.89. The van der Waals surface area contributed by atoms with Gasteiger partial charge in [-0.2, -0.15) is 13.2 Å². The molecule has 0 saturated carbocycles. The zero-order valence-electron chi connectivity index (χ0n) is 12.1. The summed E-state index contributed by atoms with van der Waals surface area (Å²) in [6.07, 6.45) is -0.330. The van der Waals surface area contributed by atoms with Crippen LogP contribution in [0.4, 0.5) is 13.2 Å². The van der Waals surface area contributed by atoms with Crippen molar-refractivity contribution in [1.29, 1.82) is 0 Å². The molecule has 0 fully saturated rings. The second-order valence-electron chi connectivity index (χ2n) is 5.42. The van der Waals surface area contributed by atoms with E-state index in [-0.39, 0.29) is 0 Å². The van der Waals surface area contributed by atoms with E-state index in [4.69, 9.17) is 0 Å². The van der Waals surface area contributed by atoms with Crippen LogP contribution in [0.15, 0.2) is 42.7 Å². The minimum Gasteiger partial charge on any atom is -0.350 e. The van der Waals surface area contributed by atoms with Crippen molar-refractivity contribution in [2.45, 2.75) is 39.2 Å². The van der Waals surface area contributed by atoms with E-state index in [0.717, 1.165) is 29.8 Å². The summed E-state index contributed by atoms with van der Waals surface area (Å²) >= 11 is 0. The molecule has 114 valence electrons. The SMILES string of the molecule is CC(C)NCc1ccn(Cc2ccc(C(F)(F)F)cc2)c1. The topological polar surface area (TPSA) is 17.0 Å². The van der Waals surface area contributed by atoms with E-state index in [9.17, 15) is 13.2 Å². The van der Waals surface area contributed by atoms with Gasteiger partial charge in [0.2, 0.25) is 0 Å². The van der Waals surface area contributed by atoms with Crippen molar-refractivity contribution in [1.82, 2.24) is 9.88 Å². The van der Waals surface area contributed by atoms with Gasteiger partial charge in [0.25, 0.3) is 0 Å². The van der Waals surface area contributed by atoms with E-state index < -0.39 is 11.7 Å². The van der Waals surface area contributed by atoms with Crippen molar-refractivity contribution in [3.8, 4) is 0 Å². The van der Waals surface area contributed by atoms with E-state index in [1.807, 2.05) is 23.0 Å². The fourth-order valence-electron chi connectivity index (χ4n) is 2.03. The molecule has 0 amide bonds. The van der Waals surface area contributed by atoms with Gasteiger partial charge in [-0.05, 0) is 29.3 Å². The molecule has 0 radical (unpaired) electrons. The molecular formula is C16H19F3N2. The van der Waals surface area contributed by atoms with Crippen LogP contribution in [0.25, 0.3) is 0 Å². The van der Waals surface area contributed by atoms with E-state index >= 15 is 0 Å². The molecule has 0 saturated heterocycles. The zero-order valence-corrected chi connectivity index (χ0v) is 12.1. The molecule has 21 heavy (non-hydrogen) atoms. The number of hydrogen-bond donors (Lipinski definition) is 1. The van der Waals surface area contributed by atoms with Gasteiger partial charge in [0.15, 0.2) is 0 Å². The van der Waals surface area contributed by atoms with Gasteiger partial charge in [0, 0.05) is 31.5 Å². The third kappa shape index (κ3) is 4.63. The maximum atomic E-state index is 12.5. The second kappa shape index (κ2) is 6.35. The normalized spacial score (nSPS) is 12.1. The second-order valence-corrected chi connectivity index (χ2v) is 5.42. The van der Waals surface area contributed by atoms with Crippen LogP contribution in [0, 0.1) is 0 Å². The van der Waals surface area contributed by atoms with Gasteiger partial charge in [0.1, 0.15) is 0 Å². The van der Waals surface area contributed by atoms with Crippen molar-refractivity contribution < 1.29 is 13.2 Å². The Hall–Kier alpha value is -1.75. The van der Waals surface area contributed by atoms with Gasteiger partial charge in [-0.25, -0.2) is 0 Å². The quantitative estimate of drug-likeness (QED) is 0.880. The molecular weight excluding hydrogens is 277 g/mol. The monoisotopic (exact) mass is 296 g/mol. The minimum absolute atomic E-state index is 0.420. The largest absolute Gasteiger partial charge is 0.416 e. The van der Waals surface area contributed by atoms with Crippen LogP contribution in [-0.4, -0.2) is 10.6 Å². The summed E-state index contributed by atoms with van der Waals surface area (Å²) in [4.78, 5) is 0. The average molecular weight is 296 g/mol. The Balaban J connectivity index is 1.98. The number of aromatic nitrogens is 1. The average Bonchev–Trinajstić information content (AvgIpc) is 2.83. The predicted molar refractivity (Wildman–Crippen MR) is 77.0 cm³/mol. The number of nitrogens with zero attached hydrogens (tertiary/aromatic N) is 1. The summed E-state index contributed by atoms with van der Waals surface area (Å²) in [6.45, 7) is 5.52. The van der Waals surface area contributed by atoms with Crippen molar-refractivity contribution in [2.24, 2.45) is 0 Å². The van der Waals surface area contributed by atoms with Crippen molar-refractivity contribution >= 4 is 0 Å². The van der Waals surface area contributed by atoms with E-state index in [0.29, 0.717) is 12.6 Å². The van der Waals surface area contributed by atoms with Gasteiger partial charge in [-0.1, -0.05) is 26.0 Å². The fourth-order valence-corrected chi connectivity index (χ4v) is 2.03. The van der Waals surface area contributed by atoms with Gasteiger partial charge in [-0.3, -0.25) is 0 Å². The lowest BCUT2D eigenvalue weighted by Crippen LogP contribution is -2.21. The van der Waals surface area contributed by atoms with Crippen LogP contribution in [-0.2, 0) is 19.3 Å². The maximum Gasteiger partial charge on any atom is 0.416 e. The molecule has 0 unspecified atom stereocenters. The third-order valence-electron chi connectivity index (χ3n) is 3.17. The molecule has 0 aliphatic carbocycles. The highest BCUT2D eigenvalue weighted by molar-refractivity contribution is 5.25.